The molecule has 2 aromatic carbocycles. The first kappa shape index (κ1) is 14.0. The summed E-state index contributed by atoms with van der Waals surface area (Å²) in [4.78, 5) is 12.8. The van der Waals surface area contributed by atoms with Gasteiger partial charge in [-0.2, -0.15) is 0 Å². The molecule has 0 bridgehead atoms. The van der Waals surface area contributed by atoms with Crippen molar-refractivity contribution in [2.24, 2.45) is 0 Å². The fourth-order valence-electron chi connectivity index (χ4n) is 1.40. The number of rotatable bonds is 4. The quantitative estimate of drug-likeness (QED) is 0.440. The van der Waals surface area contributed by atoms with Crippen LogP contribution in [0.5, 0.6) is 0 Å². The van der Waals surface area contributed by atoms with Crippen molar-refractivity contribution < 1.29 is 9.18 Å². The third kappa shape index (κ3) is 4.33. The molecule has 4 heteroatoms. The lowest BCUT2D eigenvalue weighted by Crippen LogP contribution is -1.93. The molecule has 2 aromatic rings. The molecule has 0 aliphatic carbocycles. The van der Waals surface area contributed by atoms with Gasteiger partial charge in [-0.15, -0.1) is 0 Å². The number of allylic oxidation sites excluding steroid dienone is 1. The van der Waals surface area contributed by atoms with Crippen LogP contribution in [-0.4, -0.2) is 5.78 Å². The second-order valence-corrected chi connectivity index (χ2v) is 5.64. The minimum absolute atomic E-state index is 0.135. The average molecular weight is 337 g/mol. The van der Waals surface area contributed by atoms with Gasteiger partial charge < -0.3 is 0 Å². The lowest BCUT2D eigenvalue weighted by atomic mass is 10.1. The Morgan fingerprint density at radius 1 is 1.05 bits per heavy atom. The van der Waals surface area contributed by atoms with Crippen molar-refractivity contribution in [1.82, 2.24) is 0 Å². The molecule has 0 aliphatic heterocycles. The zero-order chi connectivity index (χ0) is 13.7. The van der Waals surface area contributed by atoms with Crippen LogP contribution >= 0.6 is 27.7 Å². The Morgan fingerprint density at radius 2 is 1.68 bits per heavy atom. The Hall–Kier alpha value is -1.39. The van der Waals surface area contributed by atoms with Crippen molar-refractivity contribution in [1.29, 1.82) is 0 Å². The molecule has 0 unspecified atom stereocenters. The number of benzene rings is 2. The monoisotopic (exact) mass is 336 g/mol. The van der Waals surface area contributed by atoms with Crippen molar-refractivity contribution >= 4 is 33.5 Å². The van der Waals surface area contributed by atoms with E-state index in [0.717, 1.165) is 9.37 Å². The Morgan fingerprint density at radius 3 is 2.32 bits per heavy atom. The fraction of sp³-hybridized carbons (Fsp3) is 0. The van der Waals surface area contributed by atoms with Crippen molar-refractivity contribution in [2.75, 3.05) is 0 Å². The highest BCUT2D eigenvalue weighted by Crippen LogP contribution is 2.21. The van der Waals surface area contributed by atoms with E-state index in [1.807, 2.05) is 24.3 Å². The van der Waals surface area contributed by atoms with E-state index in [-0.39, 0.29) is 11.6 Å². The smallest absolute Gasteiger partial charge is 0.186 e. The third-order valence-corrected chi connectivity index (χ3v) is 3.71. The first-order chi connectivity index (χ1) is 9.15. The molecule has 0 N–H and O–H groups in total. The summed E-state index contributed by atoms with van der Waals surface area (Å²) in [6.45, 7) is 0. The number of hydrogen-bond donors (Lipinski definition) is 0. The summed E-state index contributed by atoms with van der Waals surface area (Å²) in [6.07, 6.45) is 1.49. The summed E-state index contributed by atoms with van der Waals surface area (Å²) in [5, 5.41) is 1.73. The lowest BCUT2D eigenvalue weighted by molar-refractivity contribution is 0.104. The molecule has 0 spiro atoms. The zero-order valence-corrected chi connectivity index (χ0v) is 12.2. The van der Waals surface area contributed by atoms with Crippen LogP contribution in [0, 0.1) is 5.82 Å². The van der Waals surface area contributed by atoms with Gasteiger partial charge in [-0.25, -0.2) is 4.39 Å². The van der Waals surface area contributed by atoms with Gasteiger partial charge in [0.2, 0.25) is 0 Å². The molecule has 96 valence electrons. The minimum Gasteiger partial charge on any atom is -0.289 e. The van der Waals surface area contributed by atoms with Gasteiger partial charge in [0.1, 0.15) is 5.82 Å². The molecule has 1 nitrogen and oxygen atoms in total. The first-order valence-corrected chi connectivity index (χ1v) is 7.21. The molecule has 0 heterocycles. The van der Waals surface area contributed by atoms with Crippen LogP contribution in [-0.2, 0) is 0 Å². The molecule has 0 radical (unpaired) electrons. The predicted octanol–water partition coefficient (Wildman–Crippen LogP) is 5.08. The lowest BCUT2D eigenvalue weighted by Gasteiger charge is -1.97. The number of thioether (sulfide) groups is 1. The van der Waals surface area contributed by atoms with Crippen LogP contribution in [0.25, 0.3) is 0 Å². The highest BCUT2D eigenvalue weighted by atomic mass is 79.9. The van der Waals surface area contributed by atoms with Crippen molar-refractivity contribution in [3.8, 4) is 0 Å². The van der Waals surface area contributed by atoms with Gasteiger partial charge in [0.05, 0.1) is 0 Å². The molecule has 2 rings (SSSR count). The largest absolute Gasteiger partial charge is 0.289 e. The standard InChI is InChI=1S/C15H10BrFOS/c16-12-3-7-14(8-4-12)19-10-9-15(18)11-1-5-13(17)6-2-11/h1-10H. The molecule has 0 saturated heterocycles. The van der Waals surface area contributed by atoms with Crippen LogP contribution in [0.4, 0.5) is 4.39 Å². The van der Waals surface area contributed by atoms with Gasteiger partial charge in [0.15, 0.2) is 5.78 Å². The van der Waals surface area contributed by atoms with Gasteiger partial charge in [0.25, 0.3) is 0 Å². The van der Waals surface area contributed by atoms with Crippen LogP contribution in [0.15, 0.2) is 69.4 Å². The van der Waals surface area contributed by atoms with Crippen LogP contribution < -0.4 is 0 Å². The van der Waals surface area contributed by atoms with Gasteiger partial charge in [0, 0.05) is 14.9 Å². The number of ketones is 1. The van der Waals surface area contributed by atoms with E-state index < -0.39 is 0 Å². The van der Waals surface area contributed by atoms with E-state index in [2.05, 4.69) is 15.9 Å². The zero-order valence-electron chi connectivity index (χ0n) is 9.85. The average Bonchev–Trinajstić information content (AvgIpc) is 2.41. The molecule has 0 saturated carbocycles. The van der Waals surface area contributed by atoms with Crippen LogP contribution in [0.3, 0.4) is 0 Å². The van der Waals surface area contributed by atoms with E-state index in [0.29, 0.717) is 5.56 Å². The summed E-state index contributed by atoms with van der Waals surface area (Å²) in [7, 11) is 0. The molecule has 0 amide bonds. The van der Waals surface area contributed by atoms with E-state index in [4.69, 9.17) is 0 Å². The molecule has 0 aromatic heterocycles. The van der Waals surface area contributed by atoms with E-state index >= 15 is 0 Å². The molecule has 19 heavy (non-hydrogen) atoms. The number of carbonyl (C=O) groups excluding carboxylic acids is 1. The fourth-order valence-corrected chi connectivity index (χ4v) is 2.30. The normalized spacial score (nSPS) is 10.8. The minimum atomic E-state index is -0.343. The van der Waals surface area contributed by atoms with E-state index in [1.54, 1.807) is 5.41 Å². The summed E-state index contributed by atoms with van der Waals surface area (Å²) >= 11 is 4.82. The van der Waals surface area contributed by atoms with Crippen molar-refractivity contribution in [3.63, 3.8) is 0 Å². The summed E-state index contributed by atoms with van der Waals surface area (Å²) in [6, 6.07) is 13.3. The van der Waals surface area contributed by atoms with E-state index in [9.17, 15) is 9.18 Å². The maximum Gasteiger partial charge on any atom is 0.186 e. The Balaban J connectivity index is 1.97. The molecule has 0 aliphatic rings. The number of hydrogen-bond acceptors (Lipinski definition) is 2. The number of carbonyl (C=O) groups is 1. The molecular weight excluding hydrogens is 327 g/mol. The molecule has 0 fully saturated rings. The Kier molecular flexibility index (Phi) is 4.93. The van der Waals surface area contributed by atoms with Crippen LogP contribution in [0.2, 0.25) is 0 Å². The van der Waals surface area contributed by atoms with Gasteiger partial charge >= 0.3 is 0 Å². The number of halogens is 2. The Bertz CT molecular complexity index is 591. The van der Waals surface area contributed by atoms with Crippen LogP contribution in [0.1, 0.15) is 10.4 Å². The third-order valence-electron chi connectivity index (χ3n) is 2.37. The van der Waals surface area contributed by atoms with Gasteiger partial charge in [-0.3, -0.25) is 4.79 Å². The van der Waals surface area contributed by atoms with E-state index in [1.165, 1.54) is 42.1 Å². The summed E-state index contributed by atoms with van der Waals surface area (Å²) in [5.41, 5.74) is 0.481. The summed E-state index contributed by atoms with van der Waals surface area (Å²) in [5.74, 6) is -0.477. The first-order valence-electron chi connectivity index (χ1n) is 5.54. The summed E-state index contributed by atoms with van der Waals surface area (Å²) < 4.78 is 13.7. The highest BCUT2D eigenvalue weighted by molar-refractivity contribution is 9.10. The maximum atomic E-state index is 12.7. The maximum absolute atomic E-state index is 12.7. The van der Waals surface area contributed by atoms with Gasteiger partial charge in [-0.1, -0.05) is 27.7 Å². The Labute approximate surface area is 123 Å². The second-order valence-electron chi connectivity index (χ2n) is 3.75. The van der Waals surface area contributed by atoms with Crippen molar-refractivity contribution in [2.45, 2.75) is 4.90 Å². The second kappa shape index (κ2) is 6.68. The topological polar surface area (TPSA) is 17.1 Å². The predicted molar refractivity (Wildman–Crippen MR) is 79.9 cm³/mol. The molecular formula is C15H10BrFOS. The van der Waals surface area contributed by atoms with Crippen molar-refractivity contribution in [3.05, 3.63) is 75.9 Å². The molecule has 0 atom stereocenters. The SMILES string of the molecule is O=C(C=CSc1ccc(Br)cc1)c1ccc(F)cc1. The van der Waals surface area contributed by atoms with Gasteiger partial charge in [-0.05, 0) is 60.0 Å². The highest BCUT2D eigenvalue weighted by Gasteiger charge is 2.01.